The van der Waals surface area contributed by atoms with Gasteiger partial charge in [-0.05, 0) is 25.3 Å². The number of piperidine rings is 1. The third-order valence-corrected chi connectivity index (χ3v) is 4.22. The molecule has 0 radical (unpaired) electrons. The molecule has 4 nitrogen and oxygen atoms in total. The summed E-state index contributed by atoms with van der Waals surface area (Å²) in [5.74, 6) is 0.0815. The molecule has 1 atom stereocenters. The zero-order valence-corrected chi connectivity index (χ0v) is 12.9. The number of nitrogens with zero attached hydrogens (tertiary/aromatic N) is 2. The number of hydrogen-bond acceptors (Lipinski definition) is 2. The van der Waals surface area contributed by atoms with E-state index in [1.54, 1.807) is 11.9 Å². The zero-order chi connectivity index (χ0) is 15.2. The predicted molar refractivity (Wildman–Crippen MR) is 82.8 cm³/mol. The lowest BCUT2D eigenvalue weighted by molar-refractivity contribution is -0.144. The van der Waals surface area contributed by atoms with Crippen LogP contribution < -0.4 is 0 Å². The molecule has 4 heteroatoms. The van der Waals surface area contributed by atoms with E-state index >= 15 is 0 Å². The monoisotopic (exact) mass is 288 g/mol. The van der Waals surface area contributed by atoms with Crippen LogP contribution in [0.25, 0.3) is 0 Å². The van der Waals surface area contributed by atoms with Gasteiger partial charge in [0.05, 0.1) is 0 Å². The Kier molecular flexibility index (Phi) is 5.37. The maximum atomic E-state index is 12.6. The first-order valence-corrected chi connectivity index (χ1v) is 7.68. The molecule has 1 saturated heterocycles. The van der Waals surface area contributed by atoms with Crippen LogP contribution in [0.15, 0.2) is 30.3 Å². The van der Waals surface area contributed by atoms with Crippen molar-refractivity contribution in [2.24, 2.45) is 5.92 Å². The largest absolute Gasteiger partial charge is 0.346 e. The van der Waals surface area contributed by atoms with Gasteiger partial charge in [-0.3, -0.25) is 9.59 Å². The molecule has 2 amide bonds. The normalized spacial score (nSPS) is 18.7. The molecule has 1 heterocycles. The van der Waals surface area contributed by atoms with Crippen LogP contribution in [-0.4, -0.2) is 48.3 Å². The maximum Gasteiger partial charge on any atom is 0.226 e. The van der Waals surface area contributed by atoms with Gasteiger partial charge in [-0.2, -0.15) is 0 Å². The molecule has 0 unspecified atom stereocenters. The molecule has 0 spiro atoms. The minimum atomic E-state index is -0.135. The van der Waals surface area contributed by atoms with Crippen LogP contribution in [0.5, 0.6) is 0 Å². The summed E-state index contributed by atoms with van der Waals surface area (Å²) in [6.45, 7) is 4.11. The van der Waals surface area contributed by atoms with Crippen LogP contribution in [0.1, 0.15) is 25.3 Å². The van der Waals surface area contributed by atoms with Crippen molar-refractivity contribution in [2.45, 2.75) is 26.2 Å². The Labute approximate surface area is 126 Å². The van der Waals surface area contributed by atoms with E-state index in [1.165, 1.54) is 5.56 Å². The molecule has 2 rings (SSSR count). The molecular weight excluding hydrogens is 264 g/mol. The molecule has 0 N–H and O–H groups in total. The lowest BCUT2D eigenvalue weighted by atomic mass is 9.95. The summed E-state index contributed by atoms with van der Waals surface area (Å²) in [6, 6.07) is 10.2. The standard InChI is InChI=1S/C17H24N2O2/c1-3-19(12-9-14-7-5-4-6-8-14)17(21)15-10-11-18(2)16(20)13-15/h4-8,15H,3,9-13H2,1-2H3/t15-/m1/s1. The second-order valence-electron chi connectivity index (χ2n) is 5.66. The van der Waals surface area contributed by atoms with Gasteiger partial charge in [0.15, 0.2) is 0 Å². The van der Waals surface area contributed by atoms with Gasteiger partial charge in [0.1, 0.15) is 0 Å². The molecule has 1 aromatic carbocycles. The predicted octanol–water partition coefficient (Wildman–Crippen LogP) is 1.95. The van der Waals surface area contributed by atoms with Crippen LogP contribution in [0.4, 0.5) is 0 Å². The van der Waals surface area contributed by atoms with Crippen LogP contribution in [-0.2, 0) is 16.0 Å². The molecule has 0 bridgehead atoms. The van der Waals surface area contributed by atoms with Gasteiger partial charge >= 0.3 is 0 Å². The van der Waals surface area contributed by atoms with Crippen molar-refractivity contribution in [1.82, 2.24) is 9.80 Å². The summed E-state index contributed by atoms with van der Waals surface area (Å²) in [5, 5.41) is 0. The minimum absolute atomic E-state index is 0.0821. The molecule has 0 saturated carbocycles. The van der Waals surface area contributed by atoms with E-state index in [0.717, 1.165) is 19.4 Å². The number of hydrogen-bond donors (Lipinski definition) is 0. The average molecular weight is 288 g/mol. The Morgan fingerprint density at radius 2 is 2.05 bits per heavy atom. The summed E-state index contributed by atoms with van der Waals surface area (Å²) < 4.78 is 0. The van der Waals surface area contributed by atoms with Gasteiger partial charge in [0, 0.05) is 39.0 Å². The summed E-state index contributed by atoms with van der Waals surface area (Å²) in [7, 11) is 1.80. The Balaban J connectivity index is 1.91. The lowest BCUT2D eigenvalue weighted by Gasteiger charge is -2.31. The van der Waals surface area contributed by atoms with E-state index < -0.39 is 0 Å². The zero-order valence-electron chi connectivity index (χ0n) is 12.9. The summed E-state index contributed by atoms with van der Waals surface area (Å²) in [6.07, 6.45) is 2.00. The highest BCUT2D eigenvalue weighted by Crippen LogP contribution is 2.20. The van der Waals surface area contributed by atoms with Crippen molar-refractivity contribution in [2.75, 3.05) is 26.7 Å². The number of amides is 2. The van der Waals surface area contributed by atoms with Crippen molar-refractivity contribution in [3.8, 4) is 0 Å². The van der Waals surface area contributed by atoms with E-state index in [2.05, 4.69) is 12.1 Å². The van der Waals surface area contributed by atoms with Gasteiger partial charge in [0.25, 0.3) is 0 Å². The number of carbonyl (C=O) groups excluding carboxylic acids is 2. The van der Waals surface area contributed by atoms with Gasteiger partial charge < -0.3 is 9.80 Å². The second kappa shape index (κ2) is 7.25. The van der Waals surface area contributed by atoms with Crippen LogP contribution in [0.3, 0.4) is 0 Å². The highest BCUT2D eigenvalue weighted by molar-refractivity contribution is 5.86. The third kappa shape index (κ3) is 4.06. The number of rotatable bonds is 5. The van der Waals surface area contributed by atoms with Gasteiger partial charge in [-0.1, -0.05) is 30.3 Å². The van der Waals surface area contributed by atoms with E-state index in [4.69, 9.17) is 0 Å². The third-order valence-electron chi connectivity index (χ3n) is 4.22. The van der Waals surface area contributed by atoms with Crippen molar-refractivity contribution in [3.05, 3.63) is 35.9 Å². The molecule has 0 aliphatic carbocycles. The molecule has 114 valence electrons. The molecule has 1 aliphatic rings. The van der Waals surface area contributed by atoms with E-state index in [-0.39, 0.29) is 17.7 Å². The smallest absolute Gasteiger partial charge is 0.226 e. The summed E-state index contributed by atoms with van der Waals surface area (Å²) in [5.41, 5.74) is 1.24. The van der Waals surface area contributed by atoms with Crippen molar-refractivity contribution in [3.63, 3.8) is 0 Å². The van der Waals surface area contributed by atoms with E-state index in [9.17, 15) is 9.59 Å². The fourth-order valence-corrected chi connectivity index (χ4v) is 2.74. The number of carbonyl (C=O) groups is 2. The number of likely N-dealkylation sites (N-methyl/N-ethyl adjacent to an activating group) is 1. The first-order chi connectivity index (χ1) is 10.1. The summed E-state index contributed by atoms with van der Waals surface area (Å²) >= 11 is 0. The first kappa shape index (κ1) is 15.5. The van der Waals surface area contributed by atoms with Crippen molar-refractivity contribution in [1.29, 1.82) is 0 Å². The van der Waals surface area contributed by atoms with Crippen LogP contribution >= 0.6 is 0 Å². The Morgan fingerprint density at radius 3 is 2.67 bits per heavy atom. The minimum Gasteiger partial charge on any atom is -0.346 e. The van der Waals surface area contributed by atoms with Gasteiger partial charge in [0.2, 0.25) is 11.8 Å². The Bertz CT molecular complexity index is 487. The molecule has 1 aromatic rings. The SMILES string of the molecule is CCN(CCc1ccccc1)C(=O)[C@@H]1CCN(C)C(=O)C1. The molecule has 1 aliphatic heterocycles. The highest BCUT2D eigenvalue weighted by atomic mass is 16.2. The van der Waals surface area contributed by atoms with E-state index in [0.29, 0.717) is 19.5 Å². The molecule has 1 fully saturated rings. The van der Waals surface area contributed by atoms with Gasteiger partial charge in [-0.15, -0.1) is 0 Å². The second-order valence-corrected chi connectivity index (χ2v) is 5.66. The van der Waals surface area contributed by atoms with Gasteiger partial charge in [-0.25, -0.2) is 0 Å². The van der Waals surface area contributed by atoms with Crippen molar-refractivity contribution < 1.29 is 9.59 Å². The Morgan fingerprint density at radius 1 is 1.33 bits per heavy atom. The van der Waals surface area contributed by atoms with E-state index in [1.807, 2.05) is 30.0 Å². The summed E-state index contributed by atoms with van der Waals surface area (Å²) in [4.78, 5) is 27.9. The molecule has 0 aromatic heterocycles. The lowest BCUT2D eigenvalue weighted by Crippen LogP contribution is -2.44. The highest BCUT2D eigenvalue weighted by Gasteiger charge is 2.30. The topological polar surface area (TPSA) is 40.6 Å². The van der Waals surface area contributed by atoms with Crippen molar-refractivity contribution >= 4 is 11.8 Å². The number of benzene rings is 1. The maximum absolute atomic E-state index is 12.6. The molecular formula is C17H24N2O2. The fraction of sp³-hybridized carbons (Fsp3) is 0.529. The van der Waals surface area contributed by atoms with Crippen LogP contribution in [0, 0.1) is 5.92 Å². The van der Waals surface area contributed by atoms with Crippen LogP contribution in [0.2, 0.25) is 0 Å². The molecule has 21 heavy (non-hydrogen) atoms. The first-order valence-electron chi connectivity index (χ1n) is 7.68. The fourth-order valence-electron chi connectivity index (χ4n) is 2.74. The Hall–Kier alpha value is -1.84. The average Bonchev–Trinajstić information content (AvgIpc) is 2.51. The number of likely N-dealkylation sites (tertiary alicyclic amines) is 1. The quantitative estimate of drug-likeness (QED) is 0.831.